The minimum atomic E-state index is -1.75. The van der Waals surface area contributed by atoms with E-state index in [1.807, 2.05) is 0 Å². The fourth-order valence-electron chi connectivity index (χ4n) is 4.09. The molecule has 0 aliphatic rings. The number of rotatable bonds is 2. The summed E-state index contributed by atoms with van der Waals surface area (Å²) in [6.45, 7) is 0. The lowest BCUT2D eigenvalue weighted by Gasteiger charge is -2.17. The molecule has 0 atom stereocenters. The van der Waals surface area contributed by atoms with E-state index in [1.165, 1.54) is 43.8 Å². The first-order chi connectivity index (χ1) is 17.2. The molecule has 0 saturated heterocycles. The third-order valence-electron chi connectivity index (χ3n) is 5.42. The maximum atomic E-state index is 8.25. The summed E-state index contributed by atoms with van der Waals surface area (Å²) in [6, 6.07) is 34.4. The number of benzene rings is 5. The number of nitrogens with zero attached hydrogens (tertiary/aromatic N) is 2. The van der Waals surface area contributed by atoms with Crippen molar-refractivity contribution in [3.05, 3.63) is 128 Å². The van der Waals surface area contributed by atoms with Gasteiger partial charge in [0.05, 0.1) is 10.2 Å². The predicted molar refractivity (Wildman–Crippen MR) is 138 cm³/mol. The molecule has 0 unspecified atom stereocenters. The van der Waals surface area contributed by atoms with Crippen LogP contribution in [0.5, 0.6) is 0 Å². The van der Waals surface area contributed by atoms with Crippen LogP contribution in [0.4, 0.5) is 11.4 Å². The van der Waals surface area contributed by atoms with Gasteiger partial charge in [-0.2, -0.15) is 0 Å². The van der Waals surface area contributed by atoms with E-state index in [2.05, 4.69) is 109 Å². The summed E-state index contributed by atoms with van der Waals surface area (Å²) in [6.07, 6.45) is 0. The Kier molecular flexibility index (Phi) is 8.08. The second-order valence-corrected chi connectivity index (χ2v) is 7.68. The first kappa shape index (κ1) is 25.6. The van der Waals surface area contributed by atoms with Crippen molar-refractivity contribution in [3.8, 4) is 22.3 Å². The van der Waals surface area contributed by atoms with Crippen molar-refractivity contribution in [1.29, 1.82) is 0 Å². The Bertz CT molecular complexity index is 1340. The molecule has 0 aromatic heterocycles. The summed E-state index contributed by atoms with van der Waals surface area (Å²) in [7, 11) is 0. The molecular weight excluding hydrogens is 464 g/mol. The van der Waals surface area contributed by atoms with E-state index in [4.69, 9.17) is 30.6 Å². The SMILES string of the molecule is O=[N+]([O-])[O-].O=[N+]([O-])[O-].[NH3+]c1ccc(-c2c3ccccc3c(-c3ccc([NH3+])cc3)c3ccccc23)cc1. The van der Waals surface area contributed by atoms with Crippen molar-refractivity contribution in [3.63, 3.8) is 0 Å². The second kappa shape index (κ2) is 11.4. The van der Waals surface area contributed by atoms with E-state index < -0.39 is 10.2 Å². The molecule has 5 rings (SSSR count). The van der Waals surface area contributed by atoms with Gasteiger partial charge in [0.1, 0.15) is 11.4 Å². The molecule has 182 valence electrons. The van der Waals surface area contributed by atoms with Crippen LogP contribution in [0.1, 0.15) is 0 Å². The smallest absolute Gasteiger partial charge is 0.127 e. The zero-order valence-electron chi connectivity index (χ0n) is 19.0. The molecule has 36 heavy (non-hydrogen) atoms. The second-order valence-electron chi connectivity index (χ2n) is 7.68. The van der Waals surface area contributed by atoms with Gasteiger partial charge < -0.3 is 42.1 Å². The van der Waals surface area contributed by atoms with Gasteiger partial charge in [0.2, 0.25) is 0 Å². The Hall–Kier alpha value is -5.06. The fourth-order valence-corrected chi connectivity index (χ4v) is 4.09. The van der Waals surface area contributed by atoms with Gasteiger partial charge >= 0.3 is 0 Å². The van der Waals surface area contributed by atoms with Crippen molar-refractivity contribution in [1.82, 2.24) is 0 Å². The highest BCUT2D eigenvalue weighted by Gasteiger charge is 2.16. The Morgan fingerprint density at radius 2 is 0.667 bits per heavy atom. The van der Waals surface area contributed by atoms with Crippen molar-refractivity contribution in [2.24, 2.45) is 0 Å². The number of hydrogen-bond acceptors (Lipinski definition) is 6. The lowest BCUT2D eigenvalue weighted by atomic mass is 9.86. The average molecular weight is 486 g/mol. The molecule has 0 aliphatic carbocycles. The number of hydrogen-bond donors (Lipinski definition) is 2. The molecular formula is C26H22N4O6. The molecule has 0 radical (unpaired) electrons. The normalized spacial score (nSPS) is 10.1. The van der Waals surface area contributed by atoms with Gasteiger partial charge in [-0.05, 0) is 92.3 Å². The maximum Gasteiger partial charge on any atom is 0.127 e. The maximum absolute atomic E-state index is 8.25. The molecule has 6 N–H and O–H groups in total. The van der Waals surface area contributed by atoms with Gasteiger partial charge in [0, 0.05) is 0 Å². The first-order valence-corrected chi connectivity index (χ1v) is 10.6. The van der Waals surface area contributed by atoms with Crippen molar-refractivity contribution >= 4 is 32.9 Å². The van der Waals surface area contributed by atoms with Crippen LogP contribution in [0, 0.1) is 30.6 Å². The van der Waals surface area contributed by atoms with E-state index in [-0.39, 0.29) is 0 Å². The molecule has 10 heteroatoms. The van der Waals surface area contributed by atoms with E-state index in [1.54, 1.807) is 0 Å². The highest BCUT2D eigenvalue weighted by molar-refractivity contribution is 6.21. The molecule has 0 heterocycles. The third-order valence-corrected chi connectivity index (χ3v) is 5.42. The van der Waals surface area contributed by atoms with Gasteiger partial charge in [-0.15, -0.1) is 0 Å². The standard InChI is InChI=1S/C26H20N2.2NO3/c27-19-13-9-17(10-14-19)25-21-5-1-2-6-22(21)26(18-11-15-20(28)16-12-18)24-8-4-3-7-23(24)25;2*2-1(3)4/h1-16H,27-28H2;;/q;2*-1/p+2. The Balaban J connectivity index is 0.000000398. The number of quaternary nitrogens is 2. The molecule has 5 aromatic carbocycles. The van der Waals surface area contributed by atoms with E-state index >= 15 is 0 Å². The van der Waals surface area contributed by atoms with Crippen LogP contribution in [0.2, 0.25) is 0 Å². The summed E-state index contributed by atoms with van der Waals surface area (Å²) < 4.78 is 0. The van der Waals surface area contributed by atoms with Gasteiger partial charge in [-0.1, -0.05) is 48.5 Å². The van der Waals surface area contributed by atoms with Gasteiger partial charge in [0.25, 0.3) is 0 Å². The molecule has 0 fully saturated rings. The summed E-state index contributed by atoms with van der Waals surface area (Å²) in [5.41, 5.74) is 15.1. The average Bonchev–Trinajstić information content (AvgIpc) is 2.83. The summed E-state index contributed by atoms with van der Waals surface area (Å²) in [5, 5.41) is 34.6. The van der Waals surface area contributed by atoms with Crippen LogP contribution >= 0.6 is 0 Å². The van der Waals surface area contributed by atoms with Crippen molar-refractivity contribution in [2.45, 2.75) is 0 Å². The van der Waals surface area contributed by atoms with Crippen molar-refractivity contribution < 1.29 is 21.6 Å². The summed E-state index contributed by atoms with van der Waals surface area (Å²) in [5.74, 6) is 0. The lowest BCUT2D eigenvalue weighted by molar-refractivity contribution is -0.403. The number of fused-ring (bicyclic) bond motifs is 2. The first-order valence-electron chi connectivity index (χ1n) is 10.6. The van der Waals surface area contributed by atoms with Gasteiger partial charge in [0.15, 0.2) is 0 Å². The molecule has 0 aliphatic heterocycles. The van der Waals surface area contributed by atoms with E-state index in [0.29, 0.717) is 0 Å². The zero-order valence-corrected chi connectivity index (χ0v) is 19.0. The topological polar surface area (TPSA) is 188 Å². The highest BCUT2D eigenvalue weighted by Crippen LogP contribution is 2.43. The van der Waals surface area contributed by atoms with Crippen molar-refractivity contribution in [2.75, 3.05) is 0 Å². The van der Waals surface area contributed by atoms with Gasteiger partial charge in [-0.25, -0.2) is 0 Å². The molecule has 0 amide bonds. The molecule has 10 nitrogen and oxygen atoms in total. The van der Waals surface area contributed by atoms with Crippen LogP contribution in [-0.4, -0.2) is 10.2 Å². The molecule has 0 bridgehead atoms. The molecule has 0 spiro atoms. The van der Waals surface area contributed by atoms with Crippen LogP contribution in [0.25, 0.3) is 43.8 Å². The minimum absolute atomic E-state index is 1.03. The Labute approximate surface area is 204 Å². The van der Waals surface area contributed by atoms with Crippen LogP contribution in [-0.2, 0) is 0 Å². The summed E-state index contributed by atoms with van der Waals surface area (Å²) >= 11 is 0. The summed E-state index contributed by atoms with van der Waals surface area (Å²) in [4.78, 5) is 16.5. The predicted octanol–water partition coefficient (Wildman–Crippen LogP) is 4.60. The Morgan fingerprint density at radius 3 is 0.889 bits per heavy atom. The van der Waals surface area contributed by atoms with Gasteiger partial charge in [-0.3, -0.25) is 0 Å². The quantitative estimate of drug-likeness (QED) is 0.208. The van der Waals surface area contributed by atoms with Crippen LogP contribution < -0.4 is 11.5 Å². The monoisotopic (exact) mass is 486 g/mol. The van der Waals surface area contributed by atoms with Crippen LogP contribution in [0.15, 0.2) is 97.1 Å². The van der Waals surface area contributed by atoms with Crippen LogP contribution in [0.3, 0.4) is 0 Å². The zero-order chi connectivity index (χ0) is 26.2. The largest absolute Gasteiger partial charge is 0.356 e. The fraction of sp³-hybridized carbons (Fsp3) is 0. The Morgan fingerprint density at radius 1 is 0.444 bits per heavy atom. The third kappa shape index (κ3) is 6.08. The highest BCUT2D eigenvalue weighted by atomic mass is 16.9. The van der Waals surface area contributed by atoms with E-state index in [0.717, 1.165) is 11.4 Å². The lowest BCUT2D eigenvalue weighted by Crippen LogP contribution is -2.39. The molecule has 5 aromatic rings. The molecule has 0 saturated carbocycles. The minimum Gasteiger partial charge on any atom is -0.356 e. The van der Waals surface area contributed by atoms with E-state index in [9.17, 15) is 0 Å².